The third-order valence-corrected chi connectivity index (χ3v) is 0.767. The smallest absolute Gasteiger partial charge is 0.404 e. The van der Waals surface area contributed by atoms with Crippen molar-refractivity contribution in [2.24, 2.45) is 0 Å². The van der Waals surface area contributed by atoms with Crippen molar-refractivity contribution in [1.29, 1.82) is 5.26 Å². The van der Waals surface area contributed by atoms with Gasteiger partial charge in [-0.2, -0.15) is 5.26 Å². The molecule has 0 aromatic carbocycles. The van der Waals surface area contributed by atoms with Crippen molar-refractivity contribution in [1.82, 2.24) is 5.32 Å². The highest BCUT2D eigenvalue weighted by molar-refractivity contribution is 5.64. The molecule has 50 valence electrons. The normalized spacial score (nSPS) is 11.6. The first-order valence-electron chi connectivity index (χ1n) is 2.53. The van der Waals surface area contributed by atoms with Crippen molar-refractivity contribution < 1.29 is 9.90 Å². The van der Waals surface area contributed by atoms with Gasteiger partial charge in [-0.1, -0.05) is 0 Å². The molecular weight excluding hydrogens is 120 g/mol. The van der Waals surface area contributed by atoms with E-state index in [-0.39, 0.29) is 12.5 Å². The van der Waals surface area contributed by atoms with E-state index in [0.717, 1.165) is 0 Å². The molecule has 0 aliphatic rings. The van der Waals surface area contributed by atoms with Gasteiger partial charge in [-0.3, -0.25) is 0 Å². The number of nitrogens with zero attached hydrogens (tertiary/aromatic N) is 1. The van der Waals surface area contributed by atoms with Crippen LogP contribution in [-0.2, 0) is 0 Å². The number of nitriles is 1. The molecule has 4 heteroatoms. The molecule has 0 aromatic heterocycles. The molecule has 0 saturated carbocycles. The minimum absolute atomic E-state index is 0.215. The van der Waals surface area contributed by atoms with Gasteiger partial charge in [0.05, 0.1) is 12.5 Å². The fraction of sp³-hybridized carbons (Fsp3) is 0.600. The zero-order valence-corrected chi connectivity index (χ0v) is 5.09. The molecular formula is C5H8N2O2. The van der Waals surface area contributed by atoms with Crippen LogP contribution in [0.5, 0.6) is 0 Å². The Balaban J connectivity index is 3.40. The highest BCUT2D eigenvalue weighted by atomic mass is 16.4. The molecule has 0 saturated heterocycles. The van der Waals surface area contributed by atoms with Crippen molar-refractivity contribution in [2.45, 2.75) is 19.4 Å². The molecule has 0 aliphatic heterocycles. The Morgan fingerprint density at radius 2 is 2.56 bits per heavy atom. The van der Waals surface area contributed by atoms with Gasteiger partial charge in [0, 0.05) is 6.04 Å². The van der Waals surface area contributed by atoms with Gasteiger partial charge in [0.25, 0.3) is 0 Å². The summed E-state index contributed by atoms with van der Waals surface area (Å²) in [6.07, 6.45) is -0.871. The van der Waals surface area contributed by atoms with Crippen LogP contribution in [-0.4, -0.2) is 17.2 Å². The Labute approximate surface area is 53.1 Å². The van der Waals surface area contributed by atoms with Crippen LogP contribution in [0.15, 0.2) is 0 Å². The molecule has 1 atom stereocenters. The lowest BCUT2D eigenvalue weighted by atomic mass is 10.3. The number of amides is 1. The van der Waals surface area contributed by atoms with Crippen LogP contribution in [0, 0.1) is 11.3 Å². The first-order chi connectivity index (χ1) is 4.16. The van der Waals surface area contributed by atoms with E-state index in [9.17, 15) is 4.79 Å². The van der Waals surface area contributed by atoms with Crippen molar-refractivity contribution in [3.63, 3.8) is 0 Å². The summed E-state index contributed by atoms with van der Waals surface area (Å²) in [4.78, 5) is 9.86. The summed E-state index contributed by atoms with van der Waals surface area (Å²) in [5.74, 6) is 0. The van der Waals surface area contributed by atoms with Gasteiger partial charge in [-0.25, -0.2) is 4.79 Å². The Morgan fingerprint density at radius 1 is 2.00 bits per heavy atom. The van der Waals surface area contributed by atoms with Gasteiger partial charge < -0.3 is 10.4 Å². The Morgan fingerprint density at radius 3 is 2.89 bits per heavy atom. The van der Waals surface area contributed by atoms with Crippen LogP contribution in [0.1, 0.15) is 13.3 Å². The first-order valence-corrected chi connectivity index (χ1v) is 2.53. The molecule has 0 aromatic rings. The first kappa shape index (κ1) is 7.76. The zero-order valence-electron chi connectivity index (χ0n) is 5.09. The van der Waals surface area contributed by atoms with E-state index >= 15 is 0 Å². The molecule has 2 N–H and O–H groups in total. The summed E-state index contributed by atoms with van der Waals surface area (Å²) < 4.78 is 0. The number of carbonyl (C=O) groups is 1. The van der Waals surface area contributed by atoms with Crippen LogP contribution in [0.4, 0.5) is 4.79 Å². The predicted molar refractivity (Wildman–Crippen MR) is 30.9 cm³/mol. The summed E-state index contributed by atoms with van der Waals surface area (Å²) >= 11 is 0. The molecule has 9 heavy (non-hydrogen) atoms. The SMILES string of the molecule is C[C@H](CC#N)NC(=O)O. The van der Waals surface area contributed by atoms with E-state index < -0.39 is 6.09 Å². The highest BCUT2D eigenvalue weighted by Crippen LogP contribution is 1.85. The molecule has 0 heterocycles. The van der Waals surface area contributed by atoms with E-state index in [0.29, 0.717) is 0 Å². The van der Waals surface area contributed by atoms with Gasteiger partial charge in [-0.05, 0) is 6.92 Å². The van der Waals surface area contributed by atoms with E-state index in [2.05, 4.69) is 5.32 Å². The molecule has 4 nitrogen and oxygen atoms in total. The Kier molecular flexibility index (Phi) is 3.21. The van der Waals surface area contributed by atoms with Crippen molar-refractivity contribution >= 4 is 6.09 Å². The fourth-order valence-electron chi connectivity index (χ4n) is 0.399. The van der Waals surface area contributed by atoms with Crippen LogP contribution < -0.4 is 5.32 Å². The summed E-state index contributed by atoms with van der Waals surface area (Å²) in [5, 5.41) is 18.3. The second kappa shape index (κ2) is 3.72. The monoisotopic (exact) mass is 128 g/mol. The summed E-state index contributed by atoms with van der Waals surface area (Å²) in [7, 11) is 0. The van der Waals surface area contributed by atoms with Gasteiger partial charge in [0.15, 0.2) is 0 Å². The third kappa shape index (κ3) is 4.62. The number of hydrogen-bond donors (Lipinski definition) is 2. The van der Waals surface area contributed by atoms with Gasteiger partial charge >= 0.3 is 6.09 Å². The lowest BCUT2D eigenvalue weighted by Crippen LogP contribution is -2.30. The minimum Gasteiger partial charge on any atom is -0.465 e. The van der Waals surface area contributed by atoms with E-state index in [1.54, 1.807) is 6.92 Å². The average molecular weight is 128 g/mol. The van der Waals surface area contributed by atoms with Gasteiger partial charge in [-0.15, -0.1) is 0 Å². The number of hydrogen-bond acceptors (Lipinski definition) is 2. The summed E-state index contributed by atoms with van der Waals surface area (Å²) in [6, 6.07) is 1.58. The molecule has 0 aliphatic carbocycles. The highest BCUT2D eigenvalue weighted by Gasteiger charge is 2.01. The second-order valence-corrected chi connectivity index (χ2v) is 1.71. The number of carboxylic acid groups (broad SMARTS) is 1. The fourth-order valence-corrected chi connectivity index (χ4v) is 0.399. The Hall–Kier alpha value is -1.24. The quantitative estimate of drug-likeness (QED) is 0.570. The zero-order chi connectivity index (χ0) is 7.28. The maximum absolute atomic E-state index is 9.86. The number of nitrogens with one attached hydrogen (secondary N) is 1. The Bertz CT molecular complexity index is 138. The molecule has 0 rings (SSSR count). The lowest BCUT2D eigenvalue weighted by molar-refractivity contribution is 0.191. The minimum atomic E-state index is -1.09. The molecule has 0 bridgehead atoms. The van der Waals surface area contributed by atoms with Crippen LogP contribution in [0.25, 0.3) is 0 Å². The summed E-state index contributed by atoms with van der Waals surface area (Å²) in [6.45, 7) is 1.64. The van der Waals surface area contributed by atoms with E-state index in [4.69, 9.17) is 10.4 Å². The van der Waals surface area contributed by atoms with Gasteiger partial charge in [0.2, 0.25) is 0 Å². The summed E-state index contributed by atoms with van der Waals surface area (Å²) in [5.41, 5.74) is 0. The maximum Gasteiger partial charge on any atom is 0.404 e. The lowest BCUT2D eigenvalue weighted by Gasteiger charge is -2.04. The number of rotatable bonds is 2. The topological polar surface area (TPSA) is 73.1 Å². The average Bonchev–Trinajstić information content (AvgIpc) is 1.63. The molecule has 1 amide bonds. The third-order valence-electron chi connectivity index (χ3n) is 0.767. The molecule has 0 spiro atoms. The van der Waals surface area contributed by atoms with Crippen molar-refractivity contribution in [3.8, 4) is 6.07 Å². The van der Waals surface area contributed by atoms with Crippen LogP contribution in [0.3, 0.4) is 0 Å². The predicted octanol–water partition coefficient (Wildman–Crippen LogP) is 0.556. The largest absolute Gasteiger partial charge is 0.465 e. The van der Waals surface area contributed by atoms with Crippen molar-refractivity contribution in [3.05, 3.63) is 0 Å². The van der Waals surface area contributed by atoms with E-state index in [1.807, 2.05) is 6.07 Å². The maximum atomic E-state index is 9.86. The molecule has 0 radical (unpaired) electrons. The molecule has 0 unspecified atom stereocenters. The van der Waals surface area contributed by atoms with Crippen molar-refractivity contribution in [2.75, 3.05) is 0 Å². The van der Waals surface area contributed by atoms with Crippen LogP contribution >= 0.6 is 0 Å². The van der Waals surface area contributed by atoms with E-state index in [1.165, 1.54) is 0 Å². The molecule has 0 fully saturated rings. The standard InChI is InChI=1S/C5H8N2O2/c1-4(2-3-6)7-5(8)9/h4,7H,2H2,1H3,(H,8,9)/t4-/m1/s1. The van der Waals surface area contributed by atoms with Crippen LogP contribution in [0.2, 0.25) is 0 Å². The van der Waals surface area contributed by atoms with Gasteiger partial charge in [0.1, 0.15) is 0 Å². The second-order valence-electron chi connectivity index (χ2n) is 1.71.